The molecule has 0 bridgehead atoms. The number of likely N-dealkylation sites (tertiary alicyclic amines) is 1. The van der Waals surface area contributed by atoms with Crippen molar-refractivity contribution in [2.24, 2.45) is 5.73 Å². The van der Waals surface area contributed by atoms with Gasteiger partial charge in [-0.2, -0.15) is 0 Å². The van der Waals surface area contributed by atoms with Crippen molar-refractivity contribution in [3.63, 3.8) is 0 Å². The third-order valence-corrected chi connectivity index (χ3v) is 7.68. The summed E-state index contributed by atoms with van der Waals surface area (Å²) in [6.07, 6.45) is -0.264. The molecule has 29 heavy (non-hydrogen) atoms. The molecule has 0 saturated carbocycles. The monoisotopic (exact) mass is 438 g/mol. The predicted octanol–water partition coefficient (Wildman–Crippen LogP) is 1.75. The van der Waals surface area contributed by atoms with Crippen molar-refractivity contribution in [3.05, 3.63) is 53.6 Å². The Bertz CT molecular complexity index is 1060. The van der Waals surface area contributed by atoms with E-state index in [0.29, 0.717) is 10.6 Å². The first-order valence-corrected chi connectivity index (χ1v) is 10.6. The van der Waals surface area contributed by atoms with Crippen LogP contribution in [0.3, 0.4) is 0 Å². The lowest BCUT2D eigenvalue weighted by Gasteiger charge is -2.40. The number of amides is 2. The summed E-state index contributed by atoms with van der Waals surface area (Å²) in [6, 6.07) is 12.0. The highest BCUT2D eigenvalue weighted by atomic mass is 35.5. The van der Waals surface area contributed by atoms with Gasteiger partial charge in [0, 0.05) is 17.1 Å². The molecule has 1 saturated heterocycles. The number of primary amides is 1. The number of carboxylic acid groups (broad SMARTS) is 1. The van der Waals surface area contributed by atoms with E-state index in [0.717, 1.165) is 10.5 Å². The molecule has 0 spiro atoms. The third-order valence-electron chi connectivity index (χ3n) is 5.05. The van der Waals surface area contributed by atoms with Gasteiger partial charge in [0.1, 0.15) is 5.25 Å². The number of hydrogen-bond donors (Lipinski definition) is 3. The van der Waals surface area contributed by atoms with E-state index in [4.69, 9.17) is 17.3 Å². The Morgan fingerprint density at radius 3 is 2.31 bits per heavy atom. The van der Waals surface area contributed by atoms with E-state index < -0.39 is 39.2 Å². The minimum absolute atomic E-state index is 0.0769. The summed E-state index contributed by atoms with van der Waals surface area (Å²) in [7, 11) is -4.22. The topological polar surface area (TPSA) is 138 Å². The van der Waals surface area contributed by atoms with Gasteiger partial charge in [0.05, 0.1) is 11.4 Å². The summed E-state index contributed by atoms with van der Waals surface area (Å²) in [4.78, 5) is 23.9. The Kier molecular flexibility index (Phi) is 5.57. The first-order chi connectivity index (χ1) is 13.6. The molecule has 3 rings (SSSR count). The zero-order valence-electron chi connectivity index (χ0n) is 15.2. The molecular weight excluding hydrogens is 420 g/mol. The minimum atomic E-state index is -4.22. The first kappa shape index (κ1) is 21.1. The molecule has 2 unspecified atom stereocenters. The van der Waals surface area contributed by atoms with Crippen LogP contribution in [0.15, 0.2) is 53.4 Å². The summed E-state index contributed by atoms with van der Waals surface area (Å²) >= 11 is 6.16. The van der Waals surface area contributed by atoms with Crippen LogP contribution < -0.4 is 5.73 Å². The molecule has 2 aromatic rings. The van der Waals surface area contributed by atoms with Gasteiger partial charge in [-0.25, -0.2) is 18.0 Å². The van der Waals surface area contributed by atoms with E-state index in [1.807, 2.05) is 0 Å². The number of nitrogens with two attached hydrogens (primary N) is 1. The lowest BCUT2D eigenvalue weighted by Crippen LogP contribution is -2.65. The fourth-order valence-electron chi connectivity index (χ4n) is 3.47. The fourth-order valence-corrected chi connectivity index (χ4v) is 5.67. The Morgan fingerprint density at radius 1 is 1.14 bits per heavy atom. The van der Waals surface area contributed by atoms with Crippen LogP contribution in [0.4, 0.5) is 4.79 Å². The van der Waals surface area contributed by atoms with Crippen LogP contribution in [0.25, 0.3) is 11.1 Å². The smallest absolute Gasteiger partial charge is 0.338 e. The number of carbonyl (C=O) groups is 2. The third kappa shape index (κ3) is 3.81. The molecule has 154 valence electrons. The molecule has 0 radical (unpaired) electrons. The molecule has 2 amide bonds. The Balaban J connectivity index is 1.96. The fraction of sp³-hybridized carbons (Fsp3) is 0.263. The predicted molar refractivity (Wildman–Crippen MR) is 106 cm³/mol. The number of nitrogens with zero attached hydrogens (tertiary/aromatic N) is 1. The molecule has 1 aliphatic heterocycles. The summed E-state index contributed by atoms with van der Waals surface area (Å²) in [5.41, 5.74) is 3.89. The zero-order valence-corrected chi connectivity index (χ0v) is 16.7. The molecule has 0 aliphatic carbocycles. The van der Waals surface area contributed by atoms with Crippen LogP contribution in [0.5, 0.6) is 0 Å². The van der Waals surface area contributed by atoms with E-state index in [1.54, 1.807) is 36.4 Å². The van der Waals surface area contributed by atoms with Crippen molar-refractivity contribution in [2.75, 3.05) is 13.1 Å². The second kappa shape index (κ2) is 7.66. The minimum Gasteiger partial charge on any atom is -0.479 e. The highest BCUT2D eigenvalue weighted by Gasteiger charge is 2.55. The molecule has 8 nitrogen and oxygen atoms in total. The average Bonchev–Trinajstić information content (AvgIpc) is 2.68. The molecule has 10 heteroatoms. The van der Waals surface area contributed by atoms with Gasteiger partial charge in [-0.05, 0) is 30.2 Å². The van der Waals surface area contributed by atoms with Gasteiger partial charge in [-0.3, -0.25) is 0 Å². The molecule has 4 N–H and O–H groups in total. The van der Waals surface area contributed by atoms with Crippen molar-refractivity contribution in [1.29, 1.82) is 0 Å². The lowest BCUT2D eigenvalue weighted by molar-refractivity contribution is -0.162. The number of β-amino-alcohol motifs (C(OH)–C–C–N with tert-alkyl or cyclic N) is 1. The Hall–Kier alpha value is -2.62. The molecule has 1 aliphatic rings. The maximum Gasteiger partial charge on any atom is 0.338 e. The van der Waals surface area contributed by atoms with E-state index in [9.17, 15) is 28.2 Å². The number of piperidine rings is 1. The van der Waals surface area contributed by atoms with Crippen LogP contribution in [0, 0.1) is 0 Å². The summed E-state index contributed by atoms with van der Waals surface area (Å²) in [5.74, 6) is -1.73. The van der Waals surface area contributed by atoms with Crippen LogP contribution in [-0.2, 0) is 14.6 Å². The molecule has 0 aromatic heterocycles. The van der Waals surface area contributed by atoms with Crippen molar-refractivity contribution < 1.29 is 28.2 Å². The molecule has 2 atom stereocenters. The van der Waals surface area contributed by atoms with Gasteiger partial charge in [-0.15, -0.1) is 0 Å². The number of carbonyl (C=O) groups excluding carboxylic acids is 1. The largest absolute Gasteiger partial charge is 0.479 e. The van der Waals surface area contributed by atoms with Crippen LogP contribution in [0.2, 0.25) is 5.02 Å². The number of aliphatic hydroxyl groups is 1. The van der Waals surface area contributed by atoms with E-state index >= 15 is 0 Å². The number of aliphatic carboxylic acids is 1. The number of urea groups is 1. The number of benzene rings is 2. The highest BCUT2D eigenvalue weighted by Crippen LogP contribution is 2.34. The van der Waals surface area contributed by atoms with Gasteiger partial charge >= 0.3 is 12.0 Å². The van der Waals surface area contributed by atoms with E-state index in [-0.39, 0.29) is 17.9 Å². The summed E-state index contributed by atoms with van der Waals surface area (Å²) < 4.78 is 26.2. The van der Waals surface area contributed by atoms with Crippen LogP contribution in [0.1, 0.15) is 6.42 Å². The number of rotatable bonds is 4. The maximum absolute atomic E-state index is 13.1. The summed E-state index contributed by atoms with van der Waals surface area (Å²) in [6.45, 7) is -0.786. The average molecular weight is 439 g/mol. The normalized spacial score (nSPS) is 22.3. The lowest BCUT2D eigenvalue weighted by atomic mass is 9.92. The molecule has 1 heterocycles. The van der Waals surface area contributed by atoms with Crippen molar-refractivity contribution in [1.82, 2.24) is 4.90 Å². The van der Waals surface area contributed by atoms with Crippen molar-refractivity contribution in [3.8, 4) is 11.1 Å². The standard InChI is InChI=1S/C19H19ClN2O6S/c20-15-4-2-1-3-14(15)12-5-7-13(8-6-12)29(27,28)16-9-10-22(18(21)25)11-19(16,26)17(23)24/h1-8,16,26H,9-11H2,(H2,21,25)(H,23,24). The van der Waals surface area contributed by atoms with Crippen molar-refractivity contribution >= 4 is 33.4 Å². The van der Waals surface area contributed by atoms with E-state index in [2.05, 4.69) is 0 Å². The van der Waals surface area contributed by atoms with Crippen molar-refractivity contribution in [2.45, 2.75) is 22.2 Å². The van der Waals surface area contributed by atoms with Crippen LogP contribution >= 0.6 is 11.6 Å². The van der Waals surface area contributed by atoms with E-state index in [1.165, 1.54) is 12.1 Å². The van der Waals surface area contributed by atoms with Gasteiger partial charge in [0.15, 0.2) is 15.4 Å². The SMILES string of the molecule is NC(=O)N1CCC(S(=O)(=O)c2ccc(-c3ccccc3Cl)cc2)C(O)(C(=O)O)C1. The molecular formula is C19H19ClN2O6S. The van der Waals surface area contributed by atoms with Gasteiger partial charge in [-0.1, -0.05) is 41.9 Å². The second-order valence-electron chi connectivity index (χ2n) is 6.82. The zero-order chi connectivity index (χ0) is 21.4. The Labute approximate surface area is 172 Å². The number of carboxylic acids is 1. The number of hydrogen-bond acceptors (Lipinski definition) is 5. The van der Waals surface area contributed by atoms with Gasteiger partial charge < -0.3 is 20.8 Å². The molecule has 2 aromatic carbocycles. The first-order valence-electron chi connectivity index (χ1n) is 8.66. The van der Waals surface area contributed by atoms with Gasteiger partial charge in [0.25, 0.3) is 0 Å². The number of sulfone groups is 1. The quantitative estimate of drug-likeness (QED) is 0.664. The number of halogens is 1. The van der Waals surface area contributed by atoms with Gasteiger partial charge in [0.2, 0.25) is 0 Å². The highest BCUT2D eigenvalue weighted by molar-refractivity contribution is 7.92. The second-order valence-corrected chi connectivity index (χ2v) is 9.35. The van der Waals surface area contributed by atoms with Crippen LogP contribution in [-0.4, -0.2) is 59.5 Å². The summed E-state index contributed by atoms with van der Waals surface area (Å²) in [5, 5.41) is 19.0. The Morgan fingerprint density at radius 2 is 1.76 bits per heavy atom. The molecule has 1 fully saturated rings. The maximum atomic E-state index is 13.1.